The van der Waals surface area contributed by atoms with E-state index in [1.807, 2.05) is 18.2 Å². The molecule has 2 unspecified atom stereocenters. The highest BCUT2D eigenvalue weighted by atomic mass is 16.8. The first-order chi connectivity index (χ1) is 7.36. The second-order valence-corrected chi connectivity index (χ2v) is 4.14. The molecule has 1 spiro atoms. The minimum atomic E-state index is -0.180. The molecule has 1 aromatic carbocycles. The van der Waals surface area contributed by atoms with E-state index in [9.17, 15) is 0 Å². The minimum Gasteiger partial charge on any atom is -0.374 e. The molecule has 0 N–H and O–H groups in total. The molecule has 3 heteroatoms. The molecule has 2 heterocycles. The molecule has 2 aliphatic heterocycles. The largest absolute Gasteiger partial charge is 0.374 e. The molecular formula is C12H14O3. The van der Waals surface area contributed by atoms with Crippen molar-refractivity contribution in [1.29, 1.82) is 0 Å². The zero-order valence-electron chi connectivity index (χ0n) is 8.52. The van der Waals surface area contributed by atoms with Gasteiger partial charge in [0.2, 0.25) is 0 Å². The summed E-state index contributed by atoms with van der Waals surface area (Å²) in [6.07, 6.45) is 1.22. The quantitative estimate of drug-likeness (QED) is 0.703. The summed E-state index contributed by atoms with van der Waals surface area (Å²) < 4.78 is 16.2. The van der Waals surface area contributed by atoms with E-state index in [4.69, 9.17) is 14.2 Å². The van der Waals surface area contributed by atoms with Crippen LogP contribution in [0.1, 0.15) is 12.0 Å². The summed E-state index contributed by atoms with van der Waals surface area (Å²) in [7, 11) is 0. The average molecular weight is 206 g/mol. The summed E-state index contributed by atoms with van der Waals surface area (Å²) in [6.45, 7) is 2.09. The Morgan fingerprint density at radius 3 is 2.73 bits per heavy atom. The minimum absolute atomic E-state index is 0.180. The monoisotopic (exact) mass is 206 g/mol. The van der Waals surface area contributed by atoms with Crippen molar-refractivity contribution in [1.82, 2.24) is 0 Å². The summed E-state index contributed by atoms with van der Waals surface area (Å²) in [4.78, 5) is 0. The van der Waals surface area contributed by atoms with Crippen LogP contribution in [-0.4, -0.2) is 25.1 Å². The summed E-state index contributed by atoms with van der Waals surface area (Å²) in [5, 5.41) is 0. The molecule has 0 saturated carbocycles. The summed E-state index contributed by atoms with van der Waals surface area (Å²) in [5.74, 6) is -0.180. The van der Waals surface area contributed by atoms with Crippen LogP contribution in [0.15, 0.2) is 30.3 Å². The fourth-order valence-corrected chi connectivity index (χ4v) is 1.88. The van der Waals surface area contributed by atoms with Crippen LogP contribution in [0.4, 0.5) is 0 Å². The first kappa shape index (κ1) is 9.33. The second-order valence-electron chi connectivity index (χ2n) is 4.14. The van der Waals surface area contributed by atoms with Crippen molar-refractivity contribution in [2.75, 3.05) is 13.2 Å². The second kappa shape index (κ2) is 3.59. The first-order valence-electron chi connectivity index (χ1n) is 5.30. The molecule has 1 aromatic rings. The highest BCUT2D eigenvalue weighted by Crippen LogP contribution is 2.44. The van der Waals surface area contributed by atoms with Gasteiger partial charge in [-0.15, -0.1) is 0 Å². The van der Waals surface area contributed by atoms with E-state index in [-0.39, 0.29) is 11.9 Å². The Kier molecular flexibility index (Phi) is 2.24. The Morgan fingerprint density at radius 1 is 1.33 bits per heavy atom. The van der Waals surface area contributed by atoms with Gasteiger partial charge in [-0.2, -0.15) is 0 Å². The molecule has 0 radical (unpaired) electrons. The lowest BCUT2D eigenvalue weighted by Crippen LogP contribution is -2.43. The standard InChI is InChI=1S/C12H14O3/c1-2-4-10(5-3-1)7-13-8-11-6-12(15-11)9-14-12/h1-5,11H,6-9H2. The van der Waals surface area contributed by atoms with Crippen LogP contribution in [0.5, 0.6) is 0 Å². The molecule has 0 amide bonds. The highest BCUT2D eigenvalue weighted by Gasteiger charge is 2.57. The molecule has 15 heavy (non-hydrogen) atoms. The third-order valence-electron chi connectivity index (χ3n) is 2.80. The van der Waals surface area contributed by atoms with Crippen molar-refractivity contribution in [3.63, 3.8) is 0 Å². The zero-order chi connectivity index (χ0) is 10.1. The molecule has 0 aromatic heterocycles. The van der Waals surface area contributed by atoms with Crippen molar-refractivity contribution >= 4 is 0 Å². The van der Waals surface area contributed by atoms with Gasteiger partial charge in [-0.1, -0.05) is 30.3 Å². The fraction of sp³-hybridized carbons (Fsp3) is 0.500. The Hall–Kier alpha value is -0.900. The van der Waals surface area contributed by atoms with Crippen LogP contribution >= 0.6 is 0 Å². The van der Waals surface area contributed by atoms with Gasteiger partial charge in [0, 0.05) is 6.42 Å². The van der Waals surface area contributed by atoms with Gasteiger partial charge in [-0.25, -0.2) is 0 Å². The van der Waals surface area contributed by atoms with Gasteiger partial charge < -0.3 is 14.2 Å². The summed E-state index contributed by atoms with van der Waals surface area (Å²) >= 11 is 0. The van der Waals surface area contributed by atoms with E-state index in [0.29, 0.717) is 13.2 Å². The smallest absolute Gasteiger partial charge is 0.195 e. The summed E-state index contributed by atoms with van der Waals surface area (Å²) in [6, 6.07) is 10.2. The van der Waals surface area contributed by atoms with E-state index in [1.165, 1.54) is 5.56 Å². The third-order valence-corrected chi connectivity index (χ3v) is 2.80. The van der Waals surface area contributed by atoms with Crippen LogP contribution in [0, 0.1) is 0 Å². The molecule has 80 valence electrons. The van der Waals surface area contributed by atoms with E-state index < -0.39 is 0 Å². The van der Waals surface area contributed by atoms with E-state index >= 15 is 0 Å². The molecule has 2 atom stereocenters. The lowest BCUT2D eigenvalue weighted by molar-refractivity contribution is -0.215. The van der Waals surface area contributed by atoms with Crippen LogP contribution in [0.25, 0.3) is 0 Å². The van der Waals surface area contributed by atoms with Crippen molar-refractivity contribution in [3.8, 4) is 0 Å². The SMILES string of the molecule is c1ccc(COCC2CC3(CO3)O2)cc1. The van der Waals surface area contributed by atoms with Crippen LogP contribution < -0.4 is 0 Å². The molecule has 2 saturated heterocycles. The number of hydrogen-bond donors (Lipinski definition) is 0. The van der Waals surface area contributed by atoms with E-state index in [1.54, 1.807) is 0 Å². The normalized spacial score (nSPS) is 32.7. The molecule has 3 rings (SSSR count). The van der Waals surface area contributed by atoms with Gasteiger partial charge in [0.15, 0.2) is 5.79 Å². The highest BCUT2D eigenvalue weighted by molar-refractivity contribution is 5.13. The molecule has 2 aliphatic rings. The van der Waals surface area contributed by atoms with E-state index in [0.717, 1.165) is 13.0 Å². The maximum absolute atomic E-state index is 5.56. The van der Waals surface area contributed by atoms with Gasteiger partial charge >= 0.3 is 0 Å². The van der Waals surface area contributed by atoms with Crippen LogP contribution in [0.2, 0.25) is 0 Å². The fourth-order valence-electron chi connectivity index (χ4n) is 1.88. The van der Waals surface area contributed by atoms with Crippen molar-refractivity contribution in [2.24, 2.45) is 0 Å². The predicted octanol–water partition coefficient (Wildman–Crippen LogP) is 1.72. The predicted molar refractivity (Wildman–Crippen MR) is 54.3 cm³/mol. The number of ether oxygens (including phenoxy) is 3. The Bertz CT molecular complexity index is 324. The van der Waals surface area contributed by atoms with Gasteiger partial charge in [0.05, 0.1) is 19.3 Å². The zero-order valence-corrected chi connectivity index (χ0v) is 8.52. The van der Waals surface area contributed by atoms with E-state index in [2.05, 4.69) is 12.1 Å². The van der Waals surface area contributed by atoms with Gasteiger partial charge in [-0.3, -0.25) is 0 Å². The number of epoxide rings is 1. The molecule has 0 aliphatic carbocycles. The topological polar surface area (TPSA) is 31.0 Å². The van der Waals surface area contributed by atoms with Crippen molar-refractivity contribution in [2.45, 2.75) is 24.9 Å². The third kappa shape index (κ3) is 2.04. The Labute approximate surface area is 89.0 Å². The van der Waals surface area contributed by atoms with Gasteiger partial charge in [0.1, 0.15) is 6.61 Å². The first-order valence-corrected chi connectivity index (χ1v) is 5.30. The van der Waals surface area contributed by atoms with Crippen LogP contribution in [0.3, 0.4) is 0 Å². The average Bonchev–Trinajstić information content (AvgIpc) is 2.99. The van der Waals surface area contributed by atoms with Gasteiger partial charge in [0.25, 0.3) is 0 Å². The molecular weight excluding hydrogens is 192 g/mol. The Morgan fingerprint density at radius 2 is 2.07 bits per heavy atom. The number of benzene rings is 1. The molecule has 0 bridgehead atoms. The molecule has 3 nitrogen and oxygen atoms in total. The lowest BCUT2D eigenvalue weighted by Gasteiger charge is -2.33. The summed E-state index contributed by atoms with van der Waals surface area (Å²) in [5.41, 5.74) is 1.20. The number of hydrogen-bond acceptors (Lipinski definition) is 3. The number of rotatable bonds is 4. The lowest BCUT2D eigenvalue weighted by atomic mass is 10.1. The molecule has 2 fully saturated rings. The van der Waals surface area contributed by atoms with Crippen molar-refractivity contribution < 1.29 is 14.2 Å². The maximum atomic E-state index is 5.56. The van der Waals surface area contributed by atoms with Gasteiger partial charge in [-0.05, 0) is 5.56 Å². The Balaban J connectivity index is 1.37. The van der Waals surface area contributed by atoms with Crippen molar-refractivity contribution in [3.05, 3.63) is 35.9 Å². The van der Waals surface area contributed by atoms with Crippen LogP contribution in [-0.2, 0) is 20.8 Å². The maximum Gasteiger partial charge on any atom is 0.195 e.